The molecular weight excluding hydrogens is 342 g/mol. The van der Waals surface area contributed by atoms with Crippen molar-refractivity contribution in [3.63, 3.8) is 0 Å². The number of nitrogens with zero attached hydrogens (tertiary/aromatic N) is 3. The number of rotatable bonds is 8. The van der Waals surface area contributed by atoms with Crippen LogP contribution in [0.4, 0.5) is 0 Å². The number of carbonyl (C=O) groups is 1. The molecule has 8 heteroatoms. The predicted molar refractivity (Wildman–Crippen MR) is 97.9 cm³/mol. The highest BCUT2D eigenvalue weighted by Gasteiger charge is 2.36. The molecule has 2 fully saturated rings. The first kappa shape index (κ1) is 20.6. The van der Waals surface area contributed by atoms with Gasteiger partial charge in [0.25, 0.3) is 0 Å². The zero-order chi connectivity index (χ0) is 18.4. The third-order valence-electron chi connectivity index (χ3n) is 5.38. The second-order valence-corrected chi connectivity index (χ2v) is 9.00. The first-order chi connectivity index (χ1) is 11.9. The van der Waals surface area contributed by atoms with Gasteiger partial charge in [0.1, 0.15) is 0 Å². The van der Waals surface area contributed by atoms with Gasteiger partial charge in [0.15, 0.2) is 0 Å². The molecule has 2 rings (SSSR count). The van der Waals surface area contributed by atoms with E-state index in [1.165, 1.54) is 6.26 Å². The van der Waals surface area contributed by atoms with E-state index in [4.69, 9.17) is 4.74 Å². The van der Waals surface area contributed by atoms with Gasteiger partial charge in [-0.3, -0.25) is 9.69 Å². The van der Waals surface area contributed by atoms with Crippen LogP contribution in [-0.2, 0) is 19.6 Å². The molecule has 0 aromatic rings. The third kappa shape index (κ3) is 5.64. The molecule has 0 N–H and O–H groups in total. The molecule has 1 amide bonds. The molecule has 25 heavy (non-hydrogen) atoms. The zero-order valence-electron chi connectivity index (χ0n) is 15.8. The van der Waals surface area contributed by atoms with Crippen molar-refractivity contribution in [2.45, 2.75) is 39.2 Å². The first-order valence-electron chi connectivity index (χ1n) is 9.42. The maximum absolute atomic E-state index is 12.6. The fourth-order valence-corrected chi connectivity index (χ4v) is 4.88. The van der Waals surface area contributed by atoms with Crippen LogP contribution in [0.5, 0.6) is 0 Å². The van der Waals surface area contributed by atoms with Crippen molar-refractivity contribution in [3.05, 3.63) is 0 Å². The van der Waals surface area contributed by atoms with Crippen LogP contribution in [0.1, 0.15) is 33.1 Å². The largest absolute Gasteiger partial charge is 0.379 e. The quantitative estimate of drug-likeness (QED) is 0.622. The van der Waals surface area contributed by atoms with E-state index in [-0.39, 0.29) is 17.9 Å². The Morgan fingerprint density at radius 3 is 2.40 bits per heavy atom. The molecule has 0 unspecified atom stereocenters. The molecule has 7 nitrogen and oxygen atoms in total. The number of hydrogen-bond donors (Lipinski definition) is 0. The van der Waals surface area contributed by atoms with E-state index in [1.807, 2.05) is 18.7 Å². The topological polar surface area (TPSA) is 70.2 Å². The van der Waals surface area contributed by atoms with E-state index >= 15 is 0 Å². The summed E-state index contributed by atoms with van der Waals surface area (Å²) in [7, 11) is -3.29. The summed E-state index contributed by atoms with van der Waals surface area (Å²) >= 11 is 0. The van der Waals surface area contributed by atoms with Crippen molar-refractivity contribution in [3.8, 4) is 0 Å². The summed E-state index contributed by atoms with van der Waals surface area (Å²) in [5.74, 6) is 0.230. The second-order valence-electron chi connectivity index (χ2n) is 7.07. The smallest absolute Gasteiger partial charge is 0.225 e. The summed E-state index contributed by atoms with van der Waals surface area (Å²) in [6.45, 7) is 9.55. The van der Waals surface area contributed by atoms with Crippen molar-refractivity contribution >= 4 is 15.9 Å². The summed E-state index contributed by atoms with van der Waals surface area (Å²) in [6, 6.07) is -0.102. The van der Waals surface area contributed by atoms with Crippen LogP contribution in [0.3, 0.4) is 0 Å². The minimum atomic E-state index is -3.29. The highest BCUT2D eigenvalue weighted by Crippen LogP contribution is 2.22. The molecule has 0 aromatic heterocycles. The van der Waals surface area contributed by atoms with Crippen LogP contribution < -0.4 is 0 Å². The SMILES string of the molecule is CCC(CC)C(=O)N1CC[C@H](N(CCN2CCOCC2)S(C)(=O)=O)C1. The molecule has 0 spiro atoms. The number of carbonyl (C=O) groups excluding carboxylic acids is 1. The van der Waals surface area contributed by atoms with Crippen LogP contribution in [0, 0.1) is 5.92 Å². The zero-order valence-corrected chi connectivity index (χ0v) is 16.6. The predicted octanol–water partition coefficient (Wildman–Crippen LogP) is 0.617. The molecule has 0 bridgehead atoms. The van der Waals surface area contributed by atoms with Gasteiger partial charge < -0.3 is 9.64 Å². The molecule has 0 aromatic carbocycles. The summed E-state index contributed by atoms with van der Waals surface area (Å²) in [6.07, 6.45) is 3.67. The minimum absolute atomic E-state index is 0.0544. The average Bonchev–Trinajstić information content (AvgIpc) is 3.05. The van der Waals surface area contributed by atoms with Gasteiger partial charge in [-0.15, -0.1) is 0 Å². The lowest BCUT2D eigenvalue weighted by Gasteiger charge is -2.31. The summed E-state index contributed by atoms with van der Waals surface area (Å²) in [5, 5.41) is 0. The monoisotopic (exact) mass is 375 g/mol. The van der Waals surface area contributed by atoms with Crippen LogP contribution in [0.15, 0.2) is 0 Å². The third-order valence-corrected chi connectivity index (χ3v) is 6.72. The Bertz CT molecular complexity index is 530. The normalized spacial score (nSPS) is 22.9. The Morgan fingerprint density at radius 2 is 1.84 bits per heavy atom. The lowest BCUT2D eigenvalue weighted by molar-refractivity contribution is -0.134. The fraction of sp³-hybridized carbons (Fsp3) is 0.941. The summed E-state index contributed by atoms with van der Waals surface area (Å²) in [4.78, 5) is 16.7. The average molecular weight is 376 g/mol. The summed E-state index contributed by atoms with van der Waals surface area (Å²) < 4.78 is 31.5. The molecule has 0 saturated carbocycles. The number of ether oxygens (including phenoxy) is 1. The minimum Gasteiger partial charge on any atom is -0.379 e. The Hall–Kier alpha value is -0.700. The standard InChI is InChI=1S/C17H33N3O4S/c1-4-15(5-2)17(21)19-7-6-16(14-19)20(25(3,22)23)9-8-18-10-12-24-13-11-18/h15-16H,4-14H2,1-3H3/t16-/m0/s1. The fourth-order valence-electron chi connectivity index (χ4n) is 3.76. The highest BCUT2D eigenvalue weighted by atomic mass is 32.2. The van der Waals surface area contributed by atoms with Gasteiger partial charge >= 0.3 is 0 Å². The lowest BCUT2D eigenvalue weighted by Crippen LogP contribution is -2.47. The Kier molecular flexibility index (Phi) is 7.67. The molecule has 0 aliphatic carbocycles. The van der Waals surface area contributed by atoms with Crippen molar-refractivity contribution < 1.29 is 17.9 Å². The van der Waals surface area contributed by atoms with E-state index in [1.54, 1.807) is 4.31 Å². The van der Waals surface area contributed by atoms with E-state index < -0.39 is 10.0 Å². The van der Waals surface area contributed by atoms with Gasteiger partial charge in [-0.05, 0) is 19.3 Å². The van der Waals surface area contributed by atoms with E-state index in [2.05, 4.69) is 4.90 Å². The van der Waals surface area contributed by atoms with Crippen molar-refractivity contribution in [1.82, 2.24) is 14.1 Å². The maximum atomic E-state index is 12.6. The molecule has 2 aliphatic heterocycles. The van der Waals surface area contributed by atoms with Crippen molar-refractivity contribution in [1.29, 1.82) is 0 Å². The number of sulfonamides is 1. The molecule has 2 saturated heterocycles. The molecule has 1 atom stereocenters. The number of amides is 1. The number of morpholine rings is 1. The molecule has 146 valence electrons. The van der Waals surface area contributed by atoms with Gasteiger partial charge in [0.05, 0.1) is 19.5 Å². The van der Waals surface area contributed by atoms with Crippen LogP contribution in [0.2, 0.25) is 0 Å². The van der Waals surface area contributed by atoms with Gasteiger partial charge in [-0.25, -0.2) is 8.42 Å². The lowest BCUT2D eigenvalue weighted by atomic mass is 10.0. The molecule has 0 radical (unpaired) electrons. The molecular formula is C17H33N3O4S. The molecule has 2 aliphatic rings. The van der Waals surface area contributed by atoms with Gasteiger partial charge in [0.2, 0.25) is 15.9 Å². The van der Waals surface area contributed by atoms with E-state index in [9.17, 15) is 13.2 Å². The van der Waals surface area contributed by atoms with Crippen molar-refractivity contribution in [2.24, 2.45) is 5.92 Å². The Morgan fingerprint density at radius 1 is 1.20 bits per heavy atom. The maximum Gasteiger partial charge on any atom is 0.225 e. The van der Waals surface area contributed by atoms with Crippen LogP contribution in [0.25, 0.3) is 0 Å². The van der Waals surface area contributed by atoms with Crippen LogP contribution in [-0.4, -0.2) is 93.2 Å². The van der Waals surface area contributed by atoms with Gasteiger partial charge in [-0.2, -0.15) is 4.31 Å². The van der Waals surface area contributed by atoms with E-state index in [0.717, 1.165) is 32.4 Å². The highest BCUT2D eigenvalue weighted by molar-refractivity contribution is 7.88. The van der Waals surface area contributed by atoms with Gasteiger partial charge in [0, 0.05) is 51.2 Å². The second kappa shape index (κ2) is 9.30. The van der Waals surface area contributed by atoms with Crippen LogP contribution >= 0.6 is 0 Å². The number of likely N-dealkylation sites (tertiary alicyclic amines) is 1. The first-order valence-corrected chi connectivity index (χ1v) is 11.3. The van der Waals surface area contributed by atoms with E-state index in [0.29, 0.717) is 39.4 Å². The Balaban J connectivity index is 1.95. The Labute approximate surface area is 152 Å². The van der Waals surface area contributed by atoms with Gasteiger partial charge in [-0.1, -0.05) is 13.8 Å². The summed E-state index contributed by atoms with van der Waals surface area (Å²) in [5.41, 5.74) is 0. The number of hydrogen-bond acceptors (Lipinski definition) is 5. The van der Waals surface area contributed by atoms with Crippen molar-refractivity contribution in [2.75, 3.05) is 58.7 Å². The molecule has 2 heterocycles.